The van der Waals surface area contributed by atoms with E-state index >= 15 is 0 Å². The van der Waals surface area contributed by atoms with Gasteiger partial charge in [0.2, 0.25) is 0 Å². The number of hydrogen-bond acceptors (Lipinski definition) is 2. The summed E-state index contributed by atoms with van der Waals surface area (Å²) in [6.07, 6.45) is 7.35. The van der Waals surface area contributed by atoms with Gasteiger partial charge in [0.15, 0.2) is 5.79 Å². The van der Waals surface area contributed by atoms with E-state index in [0.717, 1.165) is 38.5 Å². The van der Waals surface area contributed by atoms with Crippen LogP contribution in [0.3, 0.4) is 0 Å². The lowest BCUT2D eigenvalue weighted by atomic mass is 9.90. The number of rotatable bonds is 0. The highest BCUT2D eigenvalue weighted by molar-refractivity contribution is 4.88. The summed E-state index contributed by atoms with van der Waals surface area (Å²) in [5.41, 5.74) is -0.0243. The van der Waals surface area contributed by atoms with Crippen molar-refractivity contribution >= 4 is 0 Å². The molecule has 0 unspecified atom stereocenters. The Morgan fingerprint density at radius 3 is 2.42 bits per heavy atom. The van der Waals surface area contributed by atoms with Crippen molar-refractivity contribution in [2.45, 2.75) is 63.3 Å². The lowest BCUT2D eigenvalue weighted by Crippen LogP contribution is -2.45. The van der Waals surface area contributed by atoms with Gasteiger partial charge in [-0.3, -0.25) is 0 Å². The molecule has 2 atom stereocenters. The smallest absolute Gasteiger partial charge is 0.166 e. The number of fused-ring (bicyclic) bond motifs is 2. The van der Waals surface area contributed by atoms with E-state index in [1.165, 1.54) is 6.42 Å². The van der Waals surface area contributed by atoms with Gasteiger partial charge in [0.25, 0.3) is 0 Å². The molecule has 0 aromatic rings. The third kappa shape index (κ3) is 1.50. The van der Waals surface area contributed by atoms with E-state index < -0.39 is 5.79 Å². The third-order valence-electron chi connectivity index (χ3n) is 3.23. The number of aliphatic hydroxyl groups is 1. The topological polar surface area (TPSA) is 29.5 Å². The lowest BCUT2D eigenvalue weighted by molar-refractivity contribution is -0.283. The van der Waals surface area contributed by atoms with Crippen LogP contribution in [0.25, 0.3) is 0 Å². The van der Waals surface area contributed by atoms with Gasteiger partial charge in [-0.05, 0) is 32.6 Å². The van der Waals surface area contributed by atoms with Crippen molar-refractivity contribution in [3.63, 3.8) is 0 Å². The fraction of sp³-hybridized carbons (Fsp3) is 1.00. The van der Waals surface area contributed by atoms with Crippen molar-refractivity contribution in [1.82, 2.24) is 0 Å². The zero-order chi connectivity index (χ0) is 8.66. The summed E-state index contributed by atoms with van der Waals surface area (Å²) in [4.78, 5) is 0. The van der Waals surface area contributed by atoms with Gasteiger partial charge in [0, 0.05) is 12.8 Å². The molecule has 0 aromatic heterocycles. The zero-order valence-corrected chi connectivity index (χ0v) is 7.81. The second kappa shape index (κ2) is 2.71. The van der Waals surface area contributed by atoms with Crippen molar-refractivity contribution < 1.29 is 9.84 Å². The van der Waals surface area contributed by atoms with Gasteiger partial charge in [0.1, 0.15) is 0 Å². The van der Waals surface area contributed by atoms with E-state index in [1.807, 2.05) is 0 Å². The summed E-state index contributed by atoms with van der Waals surface area (Å²) in [6, 6.07) is 0. The minimum absolute atomic E-state index is 0.0243. The summed E-state index contributed by atoms with van der Waals surface area (Å²) in [7, 11) is 0. The van der Waals surface area contributed by atoms with E-state index in [0.29, 0.717) is 0 Å². The normalized spacial score (nSPS) is 48.5. The summed E-state index contributed by atoms with van der Waals surface area (Å²) < 4.78 is 5.78. The van der Waals surface area contributed by atoms with Crippen LogP contribution in [0, 0.1) is 0 Å². The monoisotopic (exact) mass is 170 g/mol. The molecule has 2 heteroatoms. The largest absolute Gasteiger partial charge is 0.365 e. The van der Waals surface area contributed by atoms with Gasteiger partial charge in [-0.2, -0.15) is 0 Å². The first-order valence-corrected chi connectivity index (χ1v) is 5.05. The second-order valence-corrected chi connectivity index (χ2v) is 4.56. The first-order chi connectivity index (χ1) is 5.62. The van der Waals surface area contributed by atoms with Crippen LogP contribution in [0.1, 0.15) is 51.9 Å². The van der Waals surface area contributed by atoms with Gasteiger partial charge < -0.3 is 9.84 Å². The fourth-order valence-electron chi connectivity index (χ4n) is 2.55. The fourth-order valence-corrected chi connectivity index (χ4v) is 2.55. The van der Waals surface area contributed by atoms with E-state index in [4.69, 9.17) is 4.74 Å². The first-order valence-electron chi connectivity index (χ1n) is 5.05. The quantitative estimate of drug-likeness (QED) is 0.604. The molecule has 2 bridgehead atoms. The van der Waals surface area contributed by atoms with Crippen LogP contribution in [0.5, 0.6) is 0 Å². The Morgan fingerprint density at radius 1 is 1.00 bits per heavy atom. The molecule has 2 heterocycles. The Kier molecular flexibility index (Phi) is 1.92. The molecular weight excluding hydrogens is 152 g/mol. The summed E-state index contributed by atoms with van der Waals surface area (Å²) in [5, 5.41) is 10.0. The van der Waals surface area contributed by atoms with Crippen LogP contribution in [0.2, 0.25) is 0 Å². The van der Waals surface area contributed by atoms with Gasteiger partial charge in [0.05, 0.1) is 5.60 Å². The van der Waals surface area contributed by atoms with Crippen LogP contribution in [0.4, 0.5) is 0 Å². The average Bonchev–Trinajstić information content (AvgIpc) is 2.06. The molecule has 2 aliphatic heterocycles. The van der Waals surface area contributed by atoms with Gasteiger partial charge in [-0.1, -0.05) is 6.42 Å². The average molecular weight is 170 g/mol. The number of hydrogen-bond donors (Lipinski definition) is 1. The minimum atomic E-state index is -0.774. The van der Waals surface area contributed by atoms with Crippen molar-refractivity contribution in [2.24, 2.45) is 0 Å². The van der Waals surface area contributed by atoms with Gasteiger partial charge in [-0.15, -0.1) is 0 Å². The van der Waals surface area contributed by atoms with Crippen LogP contribution >= 0.6 is 0 Å². The maximum atomic E-state index is 10.0. The first kappa shape index (κ1) is 8.52. The van der Waals surface area contributed by atoms with E-state index in [1.54, 1.807) is 0 Å². The Morgan fingerprint density at radius 2 is 1.58 bits per heavy atom. The van der Waals surface area contributed by atoms with Crippen molar-refractivity contribution in [1.29, 1.82) is 0 Å². The van der Waals surface area contributed by atoms with Crippen molar-refractivity contribution in [3.8, 4) is 0 Å². The highest BCUT2D eigenvalue weighted by atomic mass is 16.6. The zero-order valence-electron chi connectivity index (χ0n) is 7.81. The molecule has 0 aliphatic carbocycles. The Hall–Kier alpha value is -0.0800. The predicted octanol–water partition coefficient (Wildman–Crippen LogP) is 2.21. The molecule has 2 rings (SSSR count). The molecule has 0 aromatic carbocycles. The highest BCUT2D eigenvalue weighted by Crippen LogP contribution is 2.42. The van der Waals surface area contributed by atoms with E-state index in [2.05, 4.69) is 6.92 Å². The molecule has 0 spiro atoms. The van der Waals surface area contributed by atoms with E-state index in [9.17, 15) is 5.11 Å². The summed E-state index contributed by atoms with van der Waals surface area (Å²) in [6.45, 7) is 2.14. The van der Waals surface area contributed by atoms with Crippen LogP contribution in [-0.4, -0.2) is 16.5 Å². The minimum Gasteiger partial charge on any atom is -0.365 e. The summed E-state index contributed by atoms with van der Waals surface area (Å²) in [5.74, 6) is -0.774. The SMILES string of the molecule is C[C@]12CCCC[C@](O)(CCC1)O2. The Balaban J connectivity index is 2.17. The molecule has 2 aliphatic rings. The Labute approximate surface area is 73.9 Å². The molecule has 1 N–H and O–H groups in total. The van der Waals surface area contributed by atoms with Crippen molar-refractivity contribution in [2.75, 3.05) is 0 Å². The summed E-state index contributed by atoms with van der Waals surface area (Å²) >= 11 is 0. The molecule has 0 saturated carbocycles. The predicted molar refractivity (Wildman–Crippen MR) is 46.8 cm³/mol. The standard InChI is InChI=1S/C10H18O2/c1-9-5-2-3-7-10(11,12-9)8-4-6-9/h11H,2-8H2,1H3/t9-,10+/m0/s1. The molecule has 0 radical (unpaired) electrons. The van der Waals surface area contributed by atoms with Crippen LogP contribution in [0.15, 0.2) is 0 Å². The molecule has 70 valence electrons. The molecule has 12 heavy (non-hydrogen) atoms. The van der Waals surface area contributed by atoms with Gasteiger partial charge in [-0.25, -0.2) is 0 Å². The van der Waals surface area contributed by atoms with Gasteiger partial charge >= 0.3 is 0 Å². The highest BCUT2D eigenvalue weighted by Gasteiger charge is 2.42. The lowest BCUT2D eigenvalue weighted by Gasteiger charge is -2.41. The van der Waals surface area contributed by atoms with Crippen LogP contribution in [-0.2, 0) is 4.74 Å². The van der Waals surface area contributed by atoms with Crippen LogP contribution < -0.4 is 0 Å². The maximum Gasteiger partial charge on any atom is 0.166 e. The third-order valence-corrected chi connectivity index (χ3v) is 3.23. The molecule has 2 saturated heterocycles. The number of ether oxygens (including phenoxy) is 1. The molecule has 2 fully saturated rings. The van der Waals surface area contributed by atoms with E-state index in [-0.39, 0.29) is 5.60 Å². The Bertz CT molecular complexity index is 163. The van der Waals surface area contributed by atoms with Crippen molar-refractivity contribution in [3.05, 3.63) is 0 Å². The molecular formula is C10H18O2. The second-order valence-electron chi connectivity index (χ2n) is 4.56. The maximum absolute atomic E-state index is 10.0. The molecule has 2 nitrogen and oxygen atoms in total. The molecule has 0 amide bonds.